The number of nitro benzene ring substituents is 1. The molecule has 116 valence electrons. The second-order valence-corrected chi connectivity index (χ2v) is 4.85. The number of nitrogens with zero attached hydrogens (tertiary/aromatic N) is 6. The lowest BCUT2D eigenvalue weighted by Crippen LogP contribution is -1.91. The fourth-order valence-corrected chi connectivity index (χ4v) is 2.49. The van der Waals surface area contributed by atoms with Crippen LogP contribution in [-0.4, -0.2) is 4.92 Å². The fraction of sp³-hybridized carbons (Fsp3) is 0. The SMILES string of the molecule is [N-]=[N+]=NN=Nc1ccc(-c2ccc([N+](=O)[O-])c3ccccc23)cc1. The maximum Gasteiger partial charge on any atom is 0.277 e. The Hall–Kier alpha value is -3.77. The van der Waals surface area contributed by atoms with Crippen LogP contribution in [0.25, 0.3) is 32.3 Å². The van der Waals surface area contributed by atoms with Gasteiger partial charge in [0.15, 0.2) is 0 Å². The van der Waals surface area contributed by atoms with Crippen LogP contribution in [0.5, 0.6) is 0 Å². The maximum absolute atomic E-state index is 11.2. The average molecular weight is 318 g/mol. The first kappa shape index (κ1) is 15.1. The van der Waals surface area contributed by atoms with Crippen molar-refractivity contribution >= 4 is 22.1 Å². The van der Waals surface area contributed by atoms with Crippen molar-refractivity contribution in [1.29, 1.82) is 0 Å². The molecule has 3 rings (SSSR count). The lowest BCUT2D eigenvalue weighted by atomic mass is 9.97. The van der Waals surface area contributed by atoms with E-state index in [0.29, 0.717) is 11.1 Å². The molecular weight excluding hydrogens is 308 g/mol. The minimum Gasteiger partial charge on any atom is -0.258 e. The van der Waals surface area contributed by atoms with Gasteiger partial charge in [0, 0.05) is 6.07 Å². The molecule has 0 aliphatic carbocycles. The average Bonchev–Trinajstić information content (AvgIpc) is 2.61. The van der Waals surface area contributed by atoms with Gasteiger partial charge in [0.2, 0.25) is 0 Å². The molecule has 0 aliphatic heterocycles. The largest absolute Gasteiger partial charge is 0.277 e. The van der Waals surface area contributed by atoms with Gasteiger partial charge in [-0.05, 0) is 45.9 Å². The van der Waals surface area contributed by atoms with Gasteiger partial charge in [-0.25, -0.2) is 0 Å². The monoisotopic (exact) mass is 318 g/mol. The lowest BCUT2D eigenvalue weighted by molar-refractivity contribution is -0.383. The van der Waals surface area contributed by atoms with E-state index in [1.54, 1.807) is 30.3 Å². The number of fused-ring (bicyclic) bond motifs is 1. The van der Waals surface area contributed by atoms with Crippen molar-refractivity contribution in [3.63, 3.8) is 0 Å². The molecule has 3 aromatic rings. The minimum atomic E-state index is -0.384. The molecule has 8 nitrogen and oxygen atoms in total. The van der Waals surface area contributed by atoms with Gasteiger partial charge in [0.25, 0.3) is 5.69 Å². The van der Waals surface area contributed by atoms with Gasteiger partial charge in [-0.1, -0.05) is 30.3 Å². The van der Waals surface area contributed by atoms with E-state index in [2.05, 4.69) is 20.5 Å². The molecule has 0 amide bonds. The minimum absolute atomic E-state index is 0.0779. The van der Waals surface area contributed by atoms with Crippen molar-refractivity contribution in [2.24, 2.45) is 15.6 Å². The predicted molar refractivity (Wildman–Crippen MR) is 89.7 cm³/mol. The van der Waals surface area contributed by atoms with Crippen LogP contribution in [0.15, 0.2) is 76.2 Å². The summed E-state index contributed by atoms with van der Waals surface area (Å²) in [5, 5.41) is 22.6. The maximum atomic E-state index is 11.2. The van der Waals surface area contributed by atoms with Crippen LogP contribution in [0.3, 0.4) is 0 Å². The summed E-state index contributed by atoms with van der Waals surface area (Å²) in [5.41, 5.74) is 10.5. The van der Waals surface area contributed by atoms with E-state index < -0.39 is 0 Å². The molecule has 0 saturated carbocycles. The Morgan fingerprint density at radius 1 is 0.958 bits per heavy atom. The Bertz CT molecular complexity index is 991. The van der Waals surface area contributed by atoms with Crippen LogP contribution in [-0.2, 0) is 0 Å². The molecule has 0 unspecified atom stereocenters. The van der Waals surface area contributed by atoms with Crippen molar-refractivity contribution < 1.29 is 4.92 Å². The van der Waals surface area contributed by atoms with Gasteiger partial charge in [0.05, 0.1) is 15.5 Å². The molecular formula is C16H10N6O2. The Kier molecular flexibility index (Phi) is 4.13. The Balaban J connectivity index is 2.08. The van der Waals surface area contributed by atoms with Crippen LogP contribution in [0, 0.1) is 10.1 Å². The van der Waals surface area contributed by atoms with Crippen molar-refractivity contribution in [3.8, 4) is 11.1 Å². The van der Waals surface area contributed by atoms with E-state index in [1.807, 2.05) is 24.3 Å². The van der Waals surface area contributed by atoms with E-state index in [1.165, 1.54) is 6.07 Å². The van der Waals surface area contributed by atoms with Crippen LogP contribution in [0.2, 0.25) is 0 Å². The zero-order valence-corrected chi connectivity index (χ0v) is 12.3. The first-order valence-corrected chi connectivity index (χ1v) is 6.92. The molecule has 8 heteroatoms. The van der Waals surface area contributed by atoms with Gasteiger partial charge in [-0.3, -0.25) is 10.1 Å². The highest BCUT2D eigenvalue weighted by Gasteiger charge is 2.14. The van der Waals surface area contributed by atoms with Gasteiger partial charge in [0.1, 0.15) is 10.9 Å². The molecule has 0 spiro atoms. The van der Waals surface area contributed by atoms with E-state index >= 15 is 0 Å². The number of hydrogen-bond acceptors (Lipinski definition) is 3. The molecule has 24 heavy (non-hydrogen) atoms. The summed E-state index contributed by atoms with van der Waals surface area (Å²) in [5.74, 6) is 0. The summed E-state index contributed by atoms with van der Waals surface area (Å²) >= 11 is 0. The number of non-ortho nitro benzene ring substituents is 1. The van der Waals surface area contributed by atoms with E-state index in [9.17, 15) is 10.1 Å². The summed E-state index contributed by atoms with van der Waals surface area (Å²) in [6.45, 7) is 0. The van der Waals surface area contributed by atoms with Crippen molar-refractivity contribution in [2.75, 3.05) is 0 Å². The highest BCUT2D eigenvalue weighted by atomic mass is 16.6. The zero-order valence-electron chi connectivity index (χ0n) is 12.3. The quantitative estimate of drug-likeness (QED) is 0.201. The van der Waals surface area contributed by atoms with Crippen molar-refractivity contribution in [3.05, 3.63) is 81.2 Å². The number of azide groups is 1. The summed E-state index contributed by atoms with van der Waals surface area (Å²) in [6.07, 6.45) is 0. The molecule has 0 N–H and O–H groups in total. The van der Waals surface area contributed by atoms with E-state index in [-0.39, 0.29) is 10.6 Å². The molecule has 0 fully saturated rings. The molecule has 0 bridgehead atoms. The van der Waals surface area contributed by atoms with Crippen molar-refractivity contribution in [1.82, 2.24) is 0 Å². The van der Waals surface area contributed by atoms with Crippen LogP contribution < -0.4 is 0 Å². The Morgan fingerprint density at radius 3 is 2.33 bits per heavy atom. The molecule has 0 heterocycles. The molecule has 0 aliphatic rings. The van der Waals surface area contributed by atoms with Crippen molar-refractivity contribution in [2.45, 2.75) is 0 Å². The van der Waals surface area contributed by atoms with E-state index in [0.717, 1.165) is 16.5 Å². The topological polar surface area (TPSA) is 117 Å². The van der Waals surface area contributed by atoms with E-state index in [4.69, 9.17) is 5.53 Å². The Morgan fingerprint density at radius 2 is 1.67 bits per heavy atom. The van der Waals surface area contributed by atoms with Crippen LogP contribution in [0.1, 0.15) is 0 Å². The van der Waals surface area contributed by atoms with Gasteiger partial charge in [-0.2, -0.15) is 4.91 Å². The van der Waals surface area contributed by atoms with Gasteiger partial charge < -0.3 is 0 Å². The van der Waals surface area contributed by atoms with Crippen LogP contribution in [0.4, 0.5) is 11.4 Å². The third kappa shape index (κ3) is 2.90. The second-order valence-electron chi connectivity index (χ2n) is 4.85. The molecule has 0 saturated heterocycles. The lowest BCUT2D eigenvalue weighted by Gasteiger charge is -2.07. The van der Waals surface area contributed by atoms with Gasteiger partial charge >= 0.3 is 0 Å². The predicted octanol–water partition coefficient (Wildman–Crippen LogP) is 5.72. The second kappa shape index (κ2) is 6.55. The summed E-state index contributed by atoms with van der Waals surface area (Å²) < 4.78 is 0. The molecule has 0 aromatic heterocycles. The van der Waals surface area contributed by atoms with Crippen LogP contribution >= 0.6 is 0 Å². The standard InChI is InChI=1S/C16H10N6O2/c17-19-21-20-18-12-7-5-11(6-8-12)13-9-10-16(22(23)24)15-4-2-1-3-14(13)15/h1-10H. The first-order valence-electron chi connectivity index (χ1n) is 6.92. The number of rotatable bonds is 4. The van der Waals surface area contributed by atoms with Gasteiger partial charge in [-0.15, -0.1) is 5.53 Å². The molecule has 3 aromatic carbocycles. The third-order valence-corrected chi connectivity index (χ3v) is 3.52. The number of benzene rings is 3. The smallest absolute Gasteiger partial charge is 0.258 e. The number of hydrogen-bond donors (Lipinski definition) is 0. The first-order chi connectivity index (χ1) is 11.7. The highest BCUT2D eigenvalue weighted by molar-refractivity contribution is 6.01. The third-order valence-electron chi connectivity index (χ3n) is 3.52. The fourth-order valence-electron chi connectivity index (χ4n) is 2.49. The normalized spacial score (nSPS) is 10.7. The molecule has 0 atom stereocenters. The number of nitro groups is 1. The summed E-state index contributed by atoms with van der Waals surface area (Å²) in [4.78, 5) is 13.3. The zero-order chi connectivity index (χ0) is 16.9. The summed E-state index contributed by atoms with van der Waals surface area (Å²) in [7, 11) is 0. The summed E-state index contributed by atoms with van der Waals surface area (Å²) in [6, 6.07) is 17.6. The molecule has 0 radical (unpaired) electrons. The Labute approximate surface area is 135 Å². The highest BCUT2D eigenvalue weighted by Crippen LogP contribution is 2.34.